The Bertz CT molecular complexity index is 505. The molecule has 1 heterocycles. The summed E-state index contributed by atoms with van der Waals surface area (Å²) in [5.41, 5.74) is 1.02. The minimum atomic E-state index is -3.07. The minimum absolute atomic E-state index is 0.0595. The fourth-order valence-corrected chi connectivity index (χ4v) is 3.92. The Balaban J connectivity index is 2.87. The number of rotatable bonds is 7. The van der Waals surface area contributed by atoms with E-state index in [2.05, 4.69) is 31.1 Å². The molecule has 110 valence electrons. The van der Waals surface area contributed by atoms with Gasteiger partial charge in [0.05, 0.1) is 10.9 Å². The van der Waals surface area contributed by atoms with Crippen molar-refractivity contribution in [3.63, 3.8) is 0 Å². The van der Waals surface area contributed by atoms with Gasteiger partial charge in [0.1, 0.15) is 10.8 Å². The number of hydrogen-bond donors (Lipinski definition) is 1. The van der Waals surface area contributed by atoms with Gasteiger partial charge < -0.3 is 5.32 Å². The molecule has 0 atom stereocenters. The normalized spacial score (nSPS) is 12.6. The number of sulfone groups is 1. The number of aromatic nitrogens is 1. The van der Waals surface area contributed by atoms with Crippen molar-refractivity contribution in [2.75, 3.05) is 0 Å². The molecule has 1 rings (SSSR count). The Kier molecular flexibility index (Phi) is 5.95. The highest BCUT2D eigenvalue weighted by Gasteiger charge is 2.20. The molecule has 0 amide bonds. The van der Waals surface area contributed by atoms with Crippen LogP contribution in [0.1, 0.15) is 50.2 Å². The van der Waals surface area contributed by atoms with Gasteiger partial charge in [0.25, 0.3) is 0 Å². The number of aryl methyl sites for hydroxylation is 1. The van der Waals surface area contributed by atoms with Crippen LogP contribution in [0, 0.1) is 0 Å². The van der Waals surface area contributed by atoms with E-state index in [9.17, 15) is 8.42 Å². The Labute approximate surface area is 120 Å². The van der Waals surface area contributed by atoms with Crippen molar-refractivity contribution < 1.29 is 8.42 Å². The topological polar surface area (TPSA) is 59.1 Å². The van der Waals surface area contributed by atoms with Gasteiger partial charge in [-0.05, 0) is 20.3 Å². The monoisotopic (exact) mass is 304 g/mol. The van der Waals surface area contributed by atoms with Crippen molar-refractivity contribution in [3.05, 3.63) is 15.6 Å². The largest absolute Gasteiger partial charge is 0.310 e. The Morgan fingerprint density at radius 3 is 2.37 bits per heavy atom. The van der Waals surface area contributed by atoms with Crippen molar-refractivity contribution in [2.45, 2.75) is 64.6 Å². The Morgan fingerprint density at radius 2 is 1.89 bits per heavy atom. The first kappa shape index (κ1) is 16.6. The van der Waals surface area contributed by atoms with Crippen molar-refractivity contribution in [1.29, 1.82) is 0 Å². The second-order valence-electron chi connectivity index (χ2n) is 5.22. The second-order valence-corrected chi connectivity index (χ2v) is 8.95. The molecule has 1 aromatic heterocycles. The van der Waals surface area contributed by atoms with Crippen molar-refractivity contribution in [3.8, 4) is 0 Å². The van der Waals surface area contributed by atoms with E-state index in [1.54, 1.807) is 13.8 Å². The van der Waals surface area contributed by atoms with E-state index >= 15 is 0 Å². The third kappa shape index (κ3) is 4.85. The number of nitrogens with zero attached hydrogens (tertiary/aromatic N) is 1. The molecule has 0 aliphatic rings. The summed E-state index contributed by atoms with van der Waals surface area (Å²) in [6.07, 6.45) is 0.841. The molecule has 0 aliphatic carbocycles. The summed E-state index contributed by atoms with van der Waals surface area (Å²) in [6.45, 7) is 10.4. The molecular formula is C13H24N2O2S2. The first-order valence-corrected chi connectivity index (χ1v) is 9.21. The SMILES string of the molecule is CCc1nc(CS(=O)(=O)C(C)C)sc1CNC(C)C. The summed E-state index contributed by atoms with van der Waals surface area (Å²) >= 11 is 1.52. The van der Waals surface area contributed by atoms with Crippen LogP contribution in [-0.2, 0) is 28.6 Å². The lowest BCUT2D eigenvalue weighted by atomic mass is 10.3. The maximum atomic E-state index is 11.9. The van der Waals surface area contributed by atoms with Crippen molar-refractivity contribution in [2.24, 2.45) is 0 Å². The van der Waals surface area contributed by atoms with Crippen LogP contribution in [0.15, 0.2) is 0 Å². The quantitative estimate of drug-likeness (QED) is 0.841. The molecule has 1 N–H and O–H groups in total. The van der Waals surface area contributed by atoms with Crippen LogP contribution >= 0.6 is 11.3 Å². The zero-order chi connectivity index (χ0) is 14.6. The molecule has 0 aliphatic heterocycles. The maximum absolute atomic E-state index is 11.9. The first-order chi connectivity index (χ1) is 8.76. The van der Waals surface area contributed by atoms with E-state index < -0.39 is 9.84 Å². The Hall–Kier alpha value is -0.460. The van der Waals surface area contributed by atoms with Crippen LogP contribution in [-0.4, -0.2) is 24.7 Å². The van der Waals surface area contributed by atoms with Crippen LogP contribution in [0.2, 0.25) is 0 Å². The summed E-state index contributed by atoms with van der Waals surface area (Å²) < 4.78 is 23.9. The second kappa shape index (κ2) is 6.81. The lowest BCUT2D eigenvalue weighted by Gasteiger charge is -2.06. The van der Waals surface area contributed by atoms with Gasteiger partial charge in [0.2, 0.25) is 0 Å². The molecule has 6 heteroatoms. The number of nitrogens with one attached hydrogen (secondary N) is 1. The molecule has 0 saturated carbocycles. The lowest BCUT2D eigenvalue weighted by molar-refractivity contribution is 0.586. The highest BCUT2D eigenvalue weighted by molar-refractivity contribution is 7.91. The van der Waals surface area contributed by atoms with Gasteiger partial charge in [-0.3, -0.25) is 0 Å². The Morgan fingerprint density at radius 1 is 1.26 bits per heavy atom. The number of hydrogen-bond acceptors (Lipinski definition) is 5. The van der Waals surface area contributed by atoms with Gasteiger partial charge in [-0.15, -0.1) is 11.3 Å². The van der Waals surface area contributed by atoms with E-state index in [-0.39, 0.29) is 11.0 Å². The van der Waals surface area contributed by atoms with Gasteiger partial charge in [-0.2, -0.15) is 0 Å². The third-order valence-electron chi connectivity index (χ3n) is 2.87. The maximum Gasteiger partial charge on any atom is 0.159 e. The van der Waals surface area contributed by atoms with Crippen molar-refractivity contribution >= 4 is 21.2 Å². The van der Waals surface area contributed by atoms with E-state index in [4.69, 9.17) is 0 Å². The number of thiazole rings is 1. The molecule has 0 aromatic carbocycles. The molecule has 1 aromatic rings. The smallest absolute Gasteiger partial charge is 0.159 e. The van der Waals surface area contributed by atoms with Gasteiger partial charge in [0.15, 0.2) is 9.84 Å². The van der Waals surface area contributed by atoms with Gasteiger partial charge in [0, 0.05) is 17.5 Å². The van der Waals surface area contributed by atoms with E-state index in [0.717, 1.165) is 23.5 Å². The van der Waals surface area contributed by atoms with Gasteiger partial charge in [-0.1, -0.05) is 20.8 Å². The molecule has 0 spiro atoms. The van der Waals surface area contributed by atoms with Gasteiger partial charge in [-0.25, -0.2) is 13.4 Å². The summed E-state index contributed by atoms with van der Waals surface area (Å²) in [5, 5.41) is 3.72. The van der Waals surface area contributed by atoms with Crippen LogP contribution in [0.3, 0.4) is 0 Å². The fraction of sp³-hybridized carbons (Fsp3) is 0.769. The highest BCUT2D eigenvalue weighted by atomic mass is 32.2. The first-order valence-electron chi connectivity index (χ1n) is 6.68. The predicted molar refractivity (Wildman–Crippen MR) is 81.2 cm³/mol. The zero-order valence-corrected chi connectivity index (χ0v) is 14.0. The summed E-state index contributed by atoms with van der Waals surface area (Å²) in [7, 11) is -3.07. The molecule has 0 radical (unpaired) electrons. The molecular weight excluding hydrogens is 280 g/mol. The average molecular weight is 304 g/mol. The van der Waals surface area contributed by atoms with Crippen LogP contribution in [0.5, 0.6) is 0 Å². The highest BCUT2D eigenvalue weighted by Crippen LogP contribution is 2.22. The summed E-state index contributed by atoms with van der Waals surface area (Å²) in [6, 6.07) is 0.412. The molecule has 0 saturated heterocycles. The summed E-state index contributed by atoms with van der Waals surface area (Å²) in [4.78, 5) is 5.63. The van der Waals surface area contributed by atoms with E-state index in [1.165, 1.54) is 11.3 Å². The van der Waals surface area contributed by atoms with Gasteiger partial charge >= 0.3 is 0 Å². The molecule has 0 fully saturated rings. The van der Waals surface area contributed by atoms with Crippen LogP contribution in [0.4, 0.5) is 0 Å². The van der Waals surface area contributed by atoms with E-state index in [1.807, 2.05) is 0 Å². The molecule has 4 nitrogen and oxygen atoms in total. The molecule has 19 heavy (non-hydrogen) atoms. The lowest BCUT2D eigenvalue weighted by Crippen LogP contribution is -2.21. The minimum Gasteiger partial charge on any atom is -0.310 e. The standard InChI is InChI=1S/C13H24N2O2S2/c1-6-11-12(7-14-9(2)3)18-13(15-11)8-19(16,17)10(4)5/h9-10,14H,6-8H2,1-5H3. The predicted octanol–water partition coefficient (Wildman–Crippen LogP) is 2.53. The van der Waals surface area contributed by atoms with Crippen LogP contribution < -0.4 is 5.32 Å². The van der Waals surface area contributed by atoms with Crippen LogP contribution in [0.25, 0.3) is 0 Å². The van der Waals surface area contributed by atoms with E-state index in [0.29, 0.717) is 11.0 Å². The third-order valence-corrected chi connectivity index (χ3v) is 6.26. The average Bonchev–Trinajstić information content (AvgIpc) is 2.67. The molecule has 0 unspecified atom stereocenters. The fourth-order valence-electron chi connectivity index (χ4n) is 1.55. The van der Waals surface area contributed by atoms with Crippen molar-refractivity contribution in [1.82, 2.24) is 10.3 Å². The zero-order valence-electron chi connectivity index (χ0n) is 12.4. The molecule has 0 bridgehead atoms. The summed E-state index contributed by atoms with van der Waals surface area (Å²) in [5.74, 6) is 0.0595.